The van der Waals surface area contributed by atoms with Crippen molar-refractivity contribution >= 4 is 27.3 Å². The lowest BCUT2D eigenvalue weighted by Crippen LogP contribution is -2.45. The van der Waals surface area contributed by atoms with Crippen molar-refractivity contribution in [2.24, 2.45) is 0 Å². The molecule has 1 saturated carbocycles. The van der Waals surface area contributed by atoms with Crippen molar-refractivity contribution in [1.29, 1.82) is 0 Å². The molecule has 3 rings (SSSR count). The Morgan fingerprint density at radius 3 is 2.35 bits per heavy atom. The van der Waals surface area contributed by atoms with Crippen LogP contribution in [0.1, 0.15) is 18.4 Å². The number of carbonyl (C=O) groups is 1. The van der Waals surface area contributed by atoms with Gasteiger partial charge in [0.05, 0.1) is 12.8 Å². The molecule has 0 unspecified atom stereocenters. The topological polar surface area (TPSA) is 75.7 Å². The Bertz CT molecular complexity index is 922. The second-order valence-electron chi connectivity index (χ2n) is 6.44. The molecular weight excluding hydrogens is 352 g/mol. The lowest BCUT2D eigenvalue weighted by atomic mass is 10.2. The summed E-state index contributed by atoms with van der Waals surface area (Å²) in [5.74, 6) is 0.187. The molecule has 0 heterocycles. The summed E-state index contributed by atoms with van der Waals surface area (Å²) in [6, 6.07) is 14.0. The Morgan fingerprint density at radius 1 is 1.15 bits per heavy atom. The molecule has 1 aliphatic rings. The number of para-hydroxylation sites is 1. The average molecular weight is 374 g/mol. The Hall–Kier alpha value is -2.54. The number of methoxy groups -OCH3 is 1. The Balaban J connectivity index is 1.85. The minimum absolute atomic E-state index is 0.313. The molecule has 7 heteroatoms. The Labute approximate surface area is 153 Å². The van der Waals surface area contributed by atoms with Gasteiger partial charge in [-0.1, -0.05) is 18.2 Å². The lowest BCUT2D eigenvalue weighted by molar-refractivity contribution is -0.116. The zero-order valence-corrected chi connectivity index (χ0v) is 15.8. The molecule has 2 aromatic carbocycles. The average Bonchev–Trinajstić information content (AvgIpc) is 3.46. The van der Waals surface area contributed by atoms with E-state index in [1.54, 1.807) is 49.6 Å². The molecule has 0 radical (unpaired) electrons. The highest BCUT2D eigenvalue weighted by molar-refractivity contribution is 7.95. The largest absolute Gasteiger partial charge is 0.497 e. The second-order valence-corrected chi connectivity index (χ2v) is 8.72. The highest BCUT2D eigenvalue weighted by atomic mass is 32.2. The smallest absolute Gasteiger partial charge is 0.249 e. The van der Waals surface area contributed by atoms with Gasteiger partial charge in [-0.25, -0.2) is 8.42 Å². The summed E-state index contributed by atoms with van der Waals surface area (Å²) >= 11 is 0. The van der Waals surface area contributed by atoms with Gasteiger partial charge in [0.2, 0.25) is 15.9 Å². The molecule has 0 atom stereocenters. The fraction of sp³-hybridized carbons (Fsp3) is 0.316. The first-order valence-electron chi connectivity index (χ1n) is 8.31. The fourth-order valence-electron chi connectivity index (χ4n) is 2.89. The summed E-state index contributed by atoms with van der Waals surface area (Å²) in [4.78, 5) is 12.8. The molecule has 1 N–H and O–H groups in total. The fourth-order valence-corrected chi connectivity index (χ4v) is 4.72. The third kappa shape index (κ3) is 3.03. The summed E-state index contributed by atoms with van der Waals surface area (Å²) < 4.78 is 31.1. The van der Waals surface area contributed by atoms with Crippen molar-refractivity contribution < 1.29 is 17.9 Å². The number of nitrogens with zero attached hydrogens (tertiary/aromatic N) is 1. The van der Waals surface area contributed by atoms with Crippen LogP contribution in [0.2, 0.25) is 0 Å². The normalized spacial score (nSPS) is 15.2. The number of aryl methyl sites for hydroxylation is 1. The number of nitrogens with one attached hydrogen (secondary N) is 1. The molecule has 1 amide bonds. The van der Waals surface area contributed by atoms with Crippen LogP contribution in [0.25, 0.3) is 0 Å². The van der Waals surface area contributed by atoms with E-state index in [1.807, 2.05) is 13.0 Å². The van der Waals surface area contributed by atoms with Crippen LogP contribution in [0.3, 0.4) is 0 Å². The van der Waals surface area contributed by atoms with Gasteiger partial charge in [0.1, 0.15) is 5.75 Å². The van der Waals surface area contributed by atoms with E-state index in [0.29, 0.717) is 30.0 Å². The maximum atomic E-state index is 13.1. The monoisotopic (exact) mass is 374 g/mol. The summed E-state index contributed by atoms with van der Waals surface area (Å²) in [6.45, 7) is 1.84. The SMILES string of the molecule is COc1ccc(NC(=O)C2(S(=O)(=O)N(C)c3ccccc3)CC2)c(C)c1. The first-order chi connectivity index (χ1) is 12.3. The zero-order chi connectivity index (χ0) is 18.9. The molecule has 138 valence electrons. The van der Waals surface area contributed by atoms with Gasteiger partial charge in [0.25, 0.3) is 0 Å². The highest BCUT2D eigenvalue weighted by Gasteiger charge is 2.62. The second kappa shape index (κ2) is 6.64. The molecule has 1 fully saturated rings. The van der Waals surface area contributed by atoms with Crippen LogP contribution >= 0.6 is 0 Å². The van der Waals surface area contributed by atoms with Gasteiger partial charge < -0.3 is 10.1 Å². The molecule has 0 spiro atoms. The van der Waals surface area contributed by atoms with Crippen molar-refractivity contribution in [3.63, 3.8) is 0 Å². The number of rotatable bonds is 6. The third-order valence-electron chi connectivity index (χ3n) is 4.77. The standard InChI is InChI=1S/C19H22N2O4S/c1-14-13-16(25-3)9-10-17(14)20-18(22)19(11-12-19)26(23,24)21(2)15-7-5-4-6-8-15/h4-10,13H,11-12H2,1-3H3,(H,20,22). The van der Waals surface area contributed by atoms with E-state index >= 15 is 0 Å². The first-order valence-corrected chi connectivity index (χ1v) is 9.75. The van der Waals surface area contributed by atoms with Gasteiger partial charge in [-0.15, -0.1) is 0 Å². The van der Waals surface area contributed by atoms with Crippen LogP contribution in [-0.2, 0) is 14.8 Å². The van der Waals surface area contributed by atoms with E-state index in [9.17, 15) is 13.2 Å². The first kappa shape index (κ1) is 18.3. The zero-order valence-electron chi connectivity index (χ0n) is 15.0. The molecular formula is C19H22N2O4S. The van der Waals surface area contributed by atoms with Gasteiger partial charge in [-0.05, 0) is 55.7 Å². The number of carbonyl (C=O) groups excluding carboxylic acids is 1. The van der Waals surface area contributed by atoms with Crippen molar-refractivity contribution in [2.75, 3.05) is 23.8 Å². The van der Waals surface area contributed by atoms with Crippen LogP contribution in [0, 0.1) is 6.92 Å². The van der Waals surface area contributed by atoms with Crippen LogP contribution in [-0.4, -0.2) is 33.2 Å². The van der Waals surface area contributed by atoms with E-state index in [0.717, 1.165) is 5.56 Å². The molecule has 0 saturated heterocycles. The van der Waals surface area contributed by atoms with Gasteiger partial charge in [-0.3, -0.25) is 9.10 Å². The van der Waals surface area contributed by atoms with Crippen LogP contribution in [0.4, 0.5) is 11.4 Å². The van der Waals surface area contributed by atoms with Crippen molar-refractivity contribution in [3.05, 3.63) is 54.1 Å². The van der Waals surface area contributed by atoms with Crippen LogP contribution < -0.4 is 14.4 Å². The number of benzene rings is 2. The molecule has 0 aromatic heterocycles. The van der Waals surface area contributed by atoms with Gasteiger partial charge in [-0.2, -0.15) is 0 Å². The summed E-state index contributed by atoms with van der Waals surface area (Å²) in [5.41, 5.74) is 1.93. The number of amides is 1. The van der Waals surface area contributed by atoms with Crippen LogP contribution in [0.15, 0.2) is 48.5 Å². The van der Waals surface area contributed by atoms with Gasteiger partial charge in [0, 0.05) is 12.7 Å². The number of sulfonamides is 1. The molecule has 0 aliphatic heterocycles. The minimum Gasteiger partial charge on any atom is -0.497 e. The van der Waals surface area contributed by atoms with Crippen molar-refractivity contribution in [2.45, 2.75) is 24.5 Å². The number of anilines is 2. The Kier molecular flexibility index (Phi) is 4.66. The number of hydrogen-bond donors (Lipinski definition) is 1. The van der Waals surface area contributed by atoms with Crippen molar-refractivity contribution in [3.8, 4) is 5.75 Å². The van der Waals surface area contributed by atoms with E-state index in [4.69, 9.17) is 4.74 Å². The quantitative estimate of drug-likeness (QED) is 0.843. The minimum atomic E-state index is -3.83. The molecule has 6 nitrogen and oxygen atoms in total. The highest BCUT2D eigenvalue weighted by Crippen LogP contribution is 2.46. The van der Waals surface area contributed by atoms with Gasteiger partial charge in [0.15, 0.2) is 4.75 Å². The predicted molar refractivity (Wildman–Crippen MR) is 102 cm³/mol. The molecule has 2 aromatic rings. The van der Waals surface area contributed by atoms with E-state index in [1.165, 1.54) is 11.4 Å². The number of hydrogen-bond acceptors (Lipinski definition) is 4. The molecule has 26 heavy (non-hydrogen) atoms. The molecule has 0 bridgehead atoms. The summed E-state index contributed by atoms with van der Waals surface area (Å²) in [7, 11) is -0.778. The predicted octanol–water partition coefficient (Wildman–Crippen LogP) is 2.94. The third-order valence-corrected chi connectivity index (χ3v) is 7.29. The van der Waals surface area contributed by atoms with Crippen molar-refractivity contribution in [1.82, 2.24) is 0 Å². The summed E-state index contributed by atoms with van der Waals surface area (Å²) in [6.07, 6.45) is 0.626. The van der Waals surface area contributed by atoms with E-state index < -0.39 is 20.7 Å². The lowest BCUT2D eigenvalue weighted by Gasteiger charge is -2.25. The summed E-state index contributed by atoms with van der Waals surface area (Å²) in [5, 5.41) is 2.78. The van der Waals surface area contributed by atoms with Gasteiger partial charge >= 0.3 is 0 Å². The van der Waals surface area contributed by atoms with E-state index in [2.05, 4.69) is 5.32 Å². The molecule has 1 aliphatic carbocycles. The maximum Gasteiger partial charge on any atom is 0.249 e. The Morgan fingerprint density at radius 2 is 1.81 bits per heavy atom. The maximum absolute atomic E-state index is 13.1. The number of ether oxygens (including phenoxy) is 1. The van der Waals surface area contributed by atoms with Crippen LogP contribution in [0.5, 0.6) is 5.75 Å². The van der Waals surface area contributed by atoms with E-state index in [-0.39, 0.29) is 0 Å².